The Morgan fingerprint density at radius 3 is 1.12 bits per heavy atom. The monoisotopic (exact) mass is 366 g/mol. The maximum Gasteiger partial charge on any atom is 0.539 e. The highest BCUT2D eigenvalue weighted by Crippen LogP contribution is 2.30. The standard InChI is InChI=1S/C21H38O3Si/c1-15-13-16(2)18(17(3)14-15)25(22-19(4,5)6,23-20(7,8)9)24-21(10,11)12/h13-14H,1-12H3. The Labute approximate surface area is 156 Å². The molecule has 0 saturated heterocycles. The van der Waals surface area contributed by atoms with Crippen LogP contribution in [0.4, 0.5) is 0 Å². The summed E-state index contributed by atoms with van der Waals surface area (Å²) >= 11 is 0. The molecule has 144 valence electrons. The maximum atomic E-state index is 6.66. The average Bonchev–Trinajstić information content (AvgIpc) is 2.17. The Balaban J connectivity index is 3.74. The molecule has 0 aliphatic heterocycles. The lowest BCUT2D eigenvalue weighted by Gasteiger charge is -2.44. The van der Waals surface area contributed by atoms with Crippen LogP contribution in [0.2, 0.25) is 0 Å². The minimum Gasteiger partial charge on any atom is -0.365 e. The molecule has 25 heavy (non-hydrogen) atoms. The van der Waals surface area contributed by atoms with E-state index in [2.05, 4.69) is 95.2 Å². The first kappa shape index (κ1) is 22.4. The second-order valence-electron chi connectivity index (χ2n) is 9.97. The fourth-order valence-corrected chi connectivity index (χ4v) is 7.05. The van der Waals surface area contributed by atoms with E-state index < -0.39 is 8.80 Å². The summed E-state index contributed by atoms with van der Waals surface area (Å²) in [5, 5.41) is 1.10. The predicted octanol–water partition coefficient (Wildman–Crippen LogP) is 5.20. The quantitative estimate of drug-likeness (QED) is 0.685. The molecule has 0 fully saturated rings. The van der Waals surface area contributed by atoms with Gasteiger partial charge in [-0.15, -0.1) is 0 Å². The summed E-state index contributed by atoms with van der Waals surface area (Å²) in [5.41, 5.74) is 2.43. The third-order valence-electron chi connectivity index (χ3n) is 3.30. The minimum absolute atomic E-state index is 0.382. The normalized spacial score (nSPS) is 14.1. The van der Waals surface area contributed by atoms with E-state index in [0.29, 0.717) is 0 Å². The highest BCUT2D eigenvalue weighted by Gasteiger charge is 2.53. The summed E-state index contributed by atoms with van der Waals surface area (Å²) in [6, 6.07) is 4.38. The smallest absolute Gasteiger partial charge is 0.365 e. The Morgan fingerprint density at radius 1 is 0.600 bits per heavy atom. The zero-order chi connectivity index (χ0) is 19.8. The maximum absolute atomic E-state index is 6.66. The molecule has 1 rings (SSSR count). The number of rotatable bonds is 4. The Hall–Kier alpha value is -0.683. The molecule has 1 aromatic rings. The molecule has 0 amide bonds. The van der Waals surface area contributed by atoms with Crippen LogP contribution in [0.15, 0.2) is 12.1 Å². The van der Waals surface area contributed by atoms with Crippen molar-refractivity contribution < 1.29 is 13.3 Å². The van der Waals surface area contributed by atoms with Gasteiger partial charge in [0.2, 0.25) is 0 Å². The molecular formula is C21H38O3Si. The van der Waals surface area contributed by atoms with Gasteiger partial charge in [0.1, 0.15) is 0 Å². The molecular weight excluding hydrogens is 328 g/mol. The van der Waals surface area contributed by atoms with Crippen molar-refractivity contribution in [1.82, 2.24) is 0 Å². The fraction of sp³-hybridized carbons (Fsp3) is 0.714. The van der Waals surface area contributed by atoms with Crippen LogP contribution in [0.25, 0.3) is 0 Å². The molecule has 0 heterocycles. The fourth-order valence-electron chi connectivity index (χ4n) is 3.09. The first-order chi connectivity index (χ1) is 10.9. The molecule has 0 aliphatic rings. The van der Waals surface area contributed by atoms with Gasteiger partial charge >= 0.3 is 8.80 Å². The van der Waals surface area contributed by atoms with Gasteiger partial charge in [-0.05, 0) is 94.2 Å². The van der Waals surface area contributed by atoms with Crippen LogP contribution in [-0.2, 0) is 13.3 Å². The molecule has 0 radical (unpaired) electrons. The molecule has 3 nitrogen and oxygen atoms in total. The molecule has 0 N–H and O–H groups in total. The highest BCUT2D eigenvalue weighted by atomic mass is 28.4. The van der Waals surface area contributed by atoms with E-state index in [4.69, 9.17) is 13.3 Å². The van der Waals surface area contributed by atoms with E-state index in [0.717, 1.165) is 5.19 Å². The van der Waals surface area contributed by atoms with Crippen molar-refractivity contribution >= 4 is 14.0 Å². The lowest BCUT2D eigenvalue weighted by Crippen LogP contribution is -2.66. The van der Waals surface area contributed by atoms with Crippen LogP contribution in [0.5, 0.6) is 0 Å². The summed E-state index contributed by atoms with van der Waals surface area (Å²) in [5.74, 6) is 0. The number of aryl methyl sites for hydroxylation is 3. The van der Waals surface area contributed by atoms with Crippen molar-refractivity contribution in [1.29, 1.82) is 0 Å². The van der Waals surface area contributed by atoms with Gasteiger partial charge < -0.3 is 13.3 Å². The van der Waals surface area contributed by atoms with Crippen molar-refractivity contribution in [3.05, 3.63) is 28.8 Å². The largest absolute Gasteiger partial charge is 0.539 e. The van der Waals surface area contributed by atoms with Gasteiger partial charge in [0.25, 0.3) is 0 Å². The van der Waals surface area contributed by atoms with E-state index in [-0.39, 0.29) is 16.8 Å². The van der Waals surface area contributed by atoms with Crippen LogP contribution in [-0.4, -0.2) is 25.6 Å². The first-order valence-corrected chi connectivity index (χ1v) is 10.9. The molecule has 0 aliphatic carbocycles. The van der Waals surface area contributed by atoms with Gasteiger partial charge in [-0.3, -0.25) is 0 Å². The molecule has 1 aromatic carbocycles. The Morgan fingerprint density at radius 2 is 0.880 bits per heavy atom. The van der Waals surface area contributed by atoms with E-state index >= 15 is 0 Å². The van der Waals surface area contributed by atoms with Crippen LogP contribution >= 0.6 is 0 Å². The van der Waals surface area contributed by atoms with Crippen LogP contribution in [0.1, 0.15) is 79.0 Å². The van der Waals surface area contributed by atoms with E-state index in [1.807, 2.05) is 0 Å². The zero-order valence-corrected chi connectivity index (χ0v) is 19.4. The first-order valence-electron chi connectivity index (χ1n) is 9.13. The highest BCUT2D eigenvalue weighted by molar-refractivity contribution is 6.76. The van der Waals surface area contributed by atoms with Gasteiger partial charge in [0.15, 0.2) is 0 Å². The van der Waals surface area contributed by atoms with Gasteiger partial charge in [-0.25, -0.2) is 0 Å². The number of benzene rings is 1. The Kier molecular flexibility index (Phi) is 6.39. The summed E-state index contributed by atoms with van der Waals surface area (Å²) in [4.78, 5) is 0. The van der Waals surface area contributed by atoms with Crippen molar-refractivity contribution in [3.63, 3.8) is 0 Å². The van der Waals surface area contributed by atoms with Crippen molar-refractivity contribution in [2.75, 3.05) is 0 Å². The van der Waals surface area contributed by atoms with E-state index in [9.17, 15) is 0 Å². The van der Waals surface area contributed by atoms with Gasteiger partial charge in [-0.1, -0.05) is 17.7 Å². The van der Waals surface area contributed by atoms with Crippen LogP contribution in [0, 0.1) is 20.8 Å². The summed E-state index contributed by atoms with van der Waals surface area (Å²) in [7, 11) is -3.19. The summed E-state index contributed by atoms with van der Waals surface area (Å²) < 4.78 is 20.0. The second kappa shape index (κ2) is 7.14. The molecule has 0 spiro atoms. The van der Waals surface area contributed by atoms with Crippen LogP contribution in [0.3, 0.4) is 0 Å². The third kappa shape index (κ3) is 6.85. The van der Waals surface area contributed by atoms with Crippen molar-refractivity contribution in [3.8, 4) is 0 Å². The SMILES string of the molecule is Cc1cc(C)c([Si](OC(C)(C)C)(OC(C)(C)C)OC(C)(C)C)c(C)c1. The topological polar surface area (TPSA) is 27.7 Å². The van der Waals surface area contributed by atoms with E-state index in [1.165, 1.54) is 16.7 Å². The van der Waals surface area contributed by atoms with Gasteiger partial charge in [0, 0.05) is 5.19 Å². The lowest BCUT2D eigenvalue weighted by molar-refractivity contribution is -0.0656. The van der Waals surface area contributed by atoms with E-state index in [1.54, 1.807) is 0 Å². The van der Waals surface area contributed by atoms with Gasteiger partial charge in [-0.2, -0.15) is 0 Å². The molecule has 0 atom stereocenters. The lowest BCUT2D eigenvalue weighted by atomic mass is 10.1. The van der Waals surface area contributed by atoms with Crippen LogP contribution < -0.4 is 5.19 Å². The predicted molar refractivity (Wildman–Crippen MR) is 109 cm³/mol. The van der Waals surface area contributed by atoms with Crippen molar-refractivity contribution in [2.24, 2.45) is 0 Å². The molecule has 0 aromatic heterocycles. The summed E-state index contributed by atoms with van der Waals surface area (Å²) in [6.07, 6.45) is 0. The number of hydrogen-bond acceptors (Lipinski definition) is 3. The van der Waals surface area contributed by atoms with Gasteiger partial charge in [0.05, 0.1) is 16.8 Å². The third-order valence-corrected chi connectivity index (χ3v) is 7.35. The average molecular weight is 367 g/mol. The molecule has 0 unspecified atom stereocenters. The minimum atomic E-state index is -3.19. The Bertz CT molecular complexity index is 537. The molecule has 4 heteroatoms. The molecule has 0 bridgehead atoms. The van der Waals surface area contributed by atoms with Crippen molar-refractivity contribution in [2.45, 2.75) is 99.9 Å². The second-order valence-corrected chi connectivity index (χ2v) is 12.2. The molecule has 0 saturated carbocycles. The number of hydrogen-bond donors (Lipinski definition) is 0. The summed E-state index contributed by atoms with van der Waals surface area (Å²) in [6.45, 7) is 24.9. The zero-order valence-electron chi connectivity index (χ0n) is 18.4.